The quantitative estimate of drug-likeness (QED) is 0.571. The lowest BCUT2D eigenvalue weighted by molar-refractivity contribution is -0.112. The molecule has 1 aliphatic heterocycles. The molecule has 1 aliphatic rings. The van der Waals surface area contributed by atoms with Gasteiger partial charge in [-0.2, -0.15) is 15.2 Å². The van der Waals surface area contributed by atoms with Gasteiger partial charge in [0.25, 0.3) is 0 Å². The molecule has 0 saturated carbocycles. The van der Waals surface area contributed by atoms with E-state index in [9.17, 15) is 4.79 Å². The summed E-state index contributed by atoms with van der Waals surface area (Å²) in [6.45, 7) is 2.53. The number of carbonyl (C=O) groups is 1. The Bertz CT molecular complexity index is 1110. The van der Waals surface area contributed by atoms with Gasteiger partial charge < -0.3 is 10.5 Å². The minimum absolute atomic E-state index is 0.222. The van der Waals surface area contributed by atoms with Gasteiger partial charge in [0, 0.05) is 17.5 Å². The third-order valence-corrected chi connectivity index (χ3v) is 5.10. The van der Waals surface area contributed by atoms with Gasteiger partial charge in [0.2, 0.25) is 5.13 Å². The number of para-hydroxylation sites is 2. The number of nitrogens with two attached hydrogens (primary N) is 1. The molecule has 8 nitrogen and oxygen atoms in total. The molecule has 0 bridgehead atoms. The van der Waals surface area contributed by atoms with Crippen LogP contribution in [0.1, 0.15) is 6.92 Å². The molecule has 4 rings (SSSR count). The Kier molecular flexibility index (Phi) is 5.82. The van der Waals surface area contributed by atoms with E-state index in [0.717, 1.165) is 11.3 Å². The predicted molar refractivity (Wildman–Crippen MR) is 120 cm³/mol. The second kappa shape index (κ2) is 8.85. The van der Waals surface area contributed by atoms with Crippen LogP contribution in [0.4, 0.5) is 10.8 Å². The molecular formula is C21H20N6O2S. The van der Waals surface area contributed by atoms with Gasteiger partial charge in [-0.1, -0.05) is 42.5 Å². The number of thiazole rings is 1. The zero-order valence-corrected chi connectivity index (χ0v) is 17.1. The van der Waals surface area contributed by atoms with Crippen molar-refractivity contribution >= 4 is 39.5 Å². The number of rotatable bonds is 7. The Morgan fingerprint density at radius 2 is 1.93 bits per heavy atom. The van der Waals surface area contributed by atoms with E-state index in [1.165, 1.54) is 16.3 Å². The van der Waals surface area contributed by atoms with E-state index in [0.29, 0.717) is 35.4 Å². The minimum atomic E-state index is -0.339. The van der Waals surface area contributed by atoms with Crippen molar-refractivity contribution < 1.29 is 9.53 Å². The number of hydrogen-bond acceptors (Lipinski definition) is 8. The molecule has 2 heterocycles. The number of ether oxygens (including phenoxy) is 1. The van der Waals surface area contributed by atoms with Crippen LogP contribution in [0.3, 0.4) is 0 Å². The van der Waals surface area contributed by atoms with Crippen LogP contribution >= 0.6 is 11.3 Å². The van der Waals surface area contributed by atoms with Gasteiger partial charge in [0.1, 0.15) is 12.4 Å². The maximum atomic E-state index is 12.9. The topological polar surface area (TPSA) is 105 Å². The van der Waals surface area contributed by atoms with Gasteiger partial charge in [0.05, 0.1) is 17.1 Å². The second-order valence-electron chi connectivity index (χ2n) is 6.39. The first-order chi connectivity index (χ1) is 14.7. The summed E-state index contributed by atoms with van der Waals surface area (Å²) in [6.07, 6.45) is 0. The fourth-order valence-electron chi connectivity index (χ4n) is 2.83. The average molecular weight is 420 g/mol. The maximum absolute atomic E-state index is 12.9. The van der Waals surface area contributed by atoms with Crippen LogP contribution in [0.5, 0.6) is 5.75 Å². The highest BCUT2D eigenvalue weighted by Crippen LogP contribution is 2.29. The van der Waals surface area contributed by atoms with Crippen molar-refractivity contribution in [1.29, 1.82) is 0 Å². The molecule has 1 amide bonds. The van der Waals surface area contributed by atoms with Crippen LogP contribution in [0.2, 0.25) is 0 Å². The van der Waals surface area contributed by atoms with Crippen molar-refractivity contribution in [3.63, 3.8) is 0 Å². The highest BCUT2D eigenvalue weighted by Gasteiger charge is 2.32. The van der Waals surface area contributed by atoms with Crippen LogP contribution in [-0.4, -0.2) is 35.5 Å². The molecule has 30 heavy (non-hydrogen) atoms. The summed E-state index contributed by atoms with van der Waals surface area (Å²) in [5.74, 6) is 0.269. The van der Waals surface area contributed by atoms with E-state index >= 15 is 0 Å². The molecule has 1 aromatic heterocycles. The molecule has 0 unspecified atom stereocenters. The van der Waals surface area contributed by atoms with Crippen LogP contribution < -0.4 is 20.9 Å². The first-order valence-corrected chi connectivity index (χ1v) is 10.2. The van der Waals surface area contributed by atoms with Crippen molar-refractivity contribution in [3.05, 3.63) is 60.0 Å². The Morgan fingerprint density at radius 1 is 1.17 bits per heavy atom. The molecule has 0 aliphatic carbocycles. The van der Waals surface area contributed by atoms with E-state index < -0.39 is 0 Å². The van der Waals surface area contributed by atoms with E-state index in [1.807, 2.05) is 60.0 Å². The molecule has 3 N–H and O–H groups in total. The molecule has 3 aromatic rings. The smallest absolute Gasteiger partial charge is 0.303 e. The molecule has 2 aromatic carbocycles. The summed E-state index contributed by atoms with van der Waals surface area (Å²) in [4.78, 5) is 17.5. The zero-order chi connectivity index (χ0) is 20.9. The van der Waals surface area contributed by atoms with Gasteiger partial charge in [-0.25, -0.2) is 4.98 Å². The van der Waals surface area contributed by atoms with Crippen LogP contribution in [-0.2, 0) is 4.79 Å². The van der Waals surface area contributed by atoms with Crippen molar-refractivity contribution in [1.82, 2.24) is 4.98 Å². The summed E-state index contributed by atoms with van der Waals surface area (Å²) in [7, 11) is 0. The zero-order valence-electron chi connectivity index (χ0n) is 16.3. The summed E-state index contributed by atoms with van der Waals surface area (Å²) >= 11 is 1.36. The van der Waals surface area contributed by atoms with Crippen LogP contribution in [0.25, 0.3) is 11.3 Å². The first kappa shape index (κ1) is 19.7. The number of amides is 1. The normalized spacial score (nSPS) is 14.9. The van der Waals surface area contributed by atoms with Crippen LogP contribution in [0.15, 0.2) is 70.2 Å². The summed E-state index contributed by atoms with van der Waals surface area (Å²) in [5, 5.41) is 12.3. The van der Waals surface area contributed by atoms with Gasteiger partial charge in [-0.15, -0.1) is 11.3 Å². The third-order valence-electron chi connectivity index (χ3n) is 4.28. The van der Waals surface area contributed by atoms with Gasteiger partial charge in [0.15, 0.2) is 5.71 Å². The fraction of sp³-hybridized carbons (Fsp3) is 0.143. The SMILES string of the molecule is CC1=NN(c2nc(-c3ccccc3)cs2)C(=O)/C1=N/Nc1ccccc1OCCN. The molecule has 0 radical (unpaired) electrons. The van der Waals surface area contributed by atoms with E-state index in [1.54, 1.807) is 6.92 Å². The first-order valence-electron chi connectivity index (χ1n) is 9.34. The highest BCUT2D eigenvalue weighted by molar-refractivity contribution is 7.14. The summed E-state index contributed by atoms with van der Waals surface area (Å²) in [6, 6.07) is 17.1. The Hall–Kier alpha value is -3.56. The van der Waals surface area contributed by atoms with Crippen molar-refractivity contribution in [2.24, 2.45) is 15.9 Å². The minimum Gasteiger partial charge on any atom is -0.490 e. The van der Waals surface area contributed by atoms with Crippen molar-refractivity contribution in [3.8, 4) is 17.0 Å². The monoisotopic (exact) mass is 420 g/mol. The number of aromatic nitrogens is 1. The maximum Gasteiger partial charge on any atom is 0.303 e. The van der Waals surface area contributed by atoms with Crippen molar-refractivity contribution in [2.75, 3.05) is 23.6 Å². The standard InChI is InChI=1S/C21H20N6O2S/c1-14-19(25-24-16-9-5-6-10-18(16)29-12-11-22)20(28)27(26-14)21-23-17(13-30-21)15-7-3-2-4-8-15/h2-10,13,24H,11-12,22H2,1H3/b25-19+. The van der Waals surface area contributed by atoms with Gasteiger partial charge >= 0.3 is 5.91 Å². The van der Waals surface area contributed by atoms with Gasteiger partial charge in [-0.3, -0.25) is 10.2 Å². The van der Waals surface area contributed by atoms with Gasteiger partial charge in [-0.05, 0) is 19.1 Å². The number of benzene rings is 2. The Morgan fingerprint density at radius 3 is 2.73 bits per heavy atom. The number of nitrogens with zero attached hydrogens (tertiary/aromatic N) is 4. The third kappa shape index (κ3) is 4.07. The van der Waals surface area contributed by atoms with E-state index in [2.05, 4.69) is 20.6 Å². The number of hydrogen-bond donors (Lipinski definition) is 2. The summed E-state index contributed by atoms with van der Waals surface area (Å²) in [5.41, 5.74) is 11.6. The number of hydrazone groups is 2. The number of anilines is 2. The second-order valence-corrected chi connectivity index (χ2v) is 7.23. The Balaban J connectivity index is 1.53. The molecule has 0 spiro atoms. The van der Waals surface area contributed by atoms with E-state index in [-0.39, 0.29) is 11.6 Å². The number of carbonyl (C=O) groups excluding carboxylic acids is 1. The Labute approximate surface area is 177 Å². The fourth-order valence-corrected chi connectivity index (χ4v) is 3.61. The van der Waals surface area contributed by atoms with Crippen LogP contribution in [0, 0.1) is 0 Å². The lowest BCUT2D eigenvalue weighted by Crippen LogP contribution is -2.27. The predicted octanol–water partition coefficient (Wildman–Crippen LogP) is 3.34. The lowest BCUT2D eigenvalue weighted by atomic mass is 10.2. The largest absolute Gasteiger partial charge is 0.490 e. The molecule has 0 atom stereocenters. The molecule has 0 fully saturated rings. The lowest BCUT2D eigenvalue weighted by Gasteiger charge is -2.10. The average Bonchev–Trinajstić information content (AvgIpc) is 3.37. The van der Waals surface area contributed by atoms with Crippen molar-refractivity contribution in [2.45, 2.75) is 6.92 Å². The number of nitrogens with one attached hydrogen (secondary N) is 1. The van der Waals surface area contributed by atoms with E-state index in [4.69, 9.17) is 10.5 Å². The molecular weight excluding hydrogens is 400 g/mol. The molecule has 9 heteroatoms. The highest BCUT2D eigenvalue weighted by atomic mass is 32.1. The molecule has 0 saturated heterocycles. The molecule has 152 valence electrons. The summed E-state index contributed by atoms with van der Waals surface area (Å²) < 4.78 is 5.60.